The summed E-state index contributed by atoms with van der Waals surface area (Å²) < 4.78 is 31.2. The minimum atomic E-state index is -3.98. The third-order valence-electron chi connectivity index (χ3n) is 2.87. The minimum Gasteiger partial charge on any atom is -0.496 e. The fourth-order valence-electron chi connectivity index (χ4n) is 1.63. The van der Waals surface area contributed by atoms with Crippen LogP contribution in [0, 0.1) is 13.8 Å². The van der Waals surface area contributed by atoms with Crippen LogP contribution in [-0.4, -0.2) is 31.9 Å². The van der Waals surface area contributed by atoms with Crippen LogP contribution >= 0.6 is 0 Å². The number of carboxylic acid groups (broad SMARTS) is 1. The van der Waals surface area contributed by atoms with Gasteiger partial charge in [0.15, 0.2) is 5.25 Å². The van der Waals surface area contributed by atoms with Gasteiger partial charge in [-0.15, -0.1) is 0 Å². The minimum absolute atomic E-state index is 0.315. The molecule has 0 aliphatic heterocycles. The molecule has 0 amide bonds. The Labute approximate surface area is 112 Å². The number of aryl methyl sites for hydroxylation is 1. The van der Waals surface area contributed by atoms with E-state index in [0.717, 1.165) is 12.5 Å². The third kappa shape index (κ3) is 3.17. The summed E-state index contributed by atoms with van der Waals surface area (Å²) in [7, 11) is -2.48. The monoisotopic (exact) mass is 287 g/mol. The predicted octanol–water partition coefficient (Wildman–Crippen LogP) is 1.53. The van der Waals surface area contributed by atoms with E-state index in [2.05, 4.69) is 4.72 Å². The first-order chi connectivity index (χ1) is 8.70. The summed E-state index contributed by atoms with van der Waals surface area (Å²) in [6.07, 6.45) is 0. The molecule has 0 aliphatic rings. The van der Waals surface area contributed by atoms with Crippen LogP contribution in [0.5, 0.6) is 5.75 Å². The number of rotatable bonds is 5. The summed E-state index contributed by atoms with van der Waals surface area (Å²) in [5.74, 6) is -0.826. The molecule has 106 valence electrons. The lowest BCUT2D eigenvalue weighted by molar-refractivity contribution is -0.136. The van der Waals surface area contributed by atoms with Crippen LogP contribution in [0.4, 0.5) is 5.69 Å². The van der Waals surface area contributed by atoms with Gasteiger partial charge in [0.25, 0.3) is 0 Å². The molecule has 0 radical (unpaired) electrons. The van der Waals surface area contributed by atoms with Gasteiger partial charge in [0.1, 0.15) is 5.75 Å². The molecule has 0 bridgehead atoms. The van der Waals surface area contributed by atoms with Crippen LogP contribution in [0.1, 0.15) is 18.1 Å². The molecular weight excluding hydrogens is 270 g/mol. The van der Waals surface area contributed by atoms with Gasteiger partial charge >= 0.3 is 5.97 Å². The number of hydrogen-bond donors (Lipinski definition) is 2. The van der Waals surface area contributed by atoms with Crippen molar-refractivity contribution in [3.63, 3.8) is 0 Å². The number of sulfonamides is 1. The van der Waals surface area contributed by atoms with Crippen molar-refractivity contribution in [1.82, 2.24) is 0 Å². The van der Waals surface area contributed by atoms with E-state index in [1.165, 1.54) is 7.11 Å². The van der Waals surface area contributed by atoms with Crippen LogP contribution in [0.3, 0.4) is 0 Å². The second-order valence-electron chi connectivity index (χ2n) is 4.22. The Bertz CT molecular complexity index is 594. The molecule has 1 rings (SSSR count). The molecule has 19 heavy (non-hydrogen) atoms. The van der Waals surface area contributed by atoms with E-state index in [0.29, 0.717) is 17.0 Å². The highest BCUT2D eigenvalue weighted by Gasteiger charge is 2.28. The number of methoxy groups -OCH3 is 1. The Kier molecular flexibility index (Phi) is 4.41. The fraction of sp³-hybridized carbons (Fsp3) is 0.417. The molecular formula is C12H17NO5S. The fourth-order valence-corrected chi connectivity index (χ4v) is 2.60. The lowest BCUT2D eigenvalue weighted by Gasteiger charge is -2.16. The standard InChI is InChI=1S/C12H17NO5S/c1-7-5-6-10(8(2)11(7)18-4)13-19(16,17)9(3)12(14)15/h5-6,9,13H,1-4H3,(H,14,15). The second kappa shape index (κ2) is 5.48. The SMILES string of the molecule is COc1c(C)ccc(NS(=O)(=O)C(C)C(=O)O)c1C. The van der Waals surface area contributed by atoms with Crippen LogP contribution in [0.15, 0.2) is 12.1 Å². The third-order valence-corrected chi connectivity index (χ3v) is 4.51. The lowest BCUT2D eigenvalue weighted by Crippen LogP contribution is -2.32. The molecule has 0 aliphatic carbocycles. The normalized spacial score (nSPS) is 12.8. The molecule has 1 aromatic rings. The maximum absolute atomic E-state index is 11.8. The summed E-state index contributed by atoms with van der Waals surface area (Å²) in [6.45, 7) is 4.66. The summed E-state index contributed by atoms with van der Waals surface area (Å²) >= 11 is 0. The molecule has 1 atom stereocenters. The molecule has 1 unspecified atom stereocenters. The zero-order valence-electron chi connectivity index (χ0n) is 11.2. The van der Waals surface area contributed by atoms with Crippen molar-refractivity contribution in [3.05, 3.63) is 23.3 Å². The largest absolute Gasteiger partial charge is 0.496 e. The number of hydrogen-bond acceptors (Lipinski definition) is 4. The highest BCUT2D eigenvalue weighted by atomic mass is 32.2. The number of carbonyl (C=O) groups is 1. The Morgan fingerprint density at radius 1 is 1.37 bits per heavy atom. The van der Waals surface area contributed by atoms with Gasteiger partial charge in [-0.2, -0.15) is 0 Å². The summed E-state index contributed by atoms with van der Waals surface area (Å²) in [5.41, 5.74) is 1.80. The van der Waals surface area contributed by atoms with Crippen molar-refractivity contribution in [3.8, 4) is 5.75 Å². The molecule has 0 aromatic heterocycles. The number of anilines is 1. The molecule has 0 saturated heterocycles. The average molecular weight is 287 g/mol. The molecule has 2 N–H and O–H groups in total. The predicted molar refractivity (Wildman–Crippen MR) is 72.1 cm³/mol. The van der Waals surface area contributed by atoms with E-state index in [1.807, 2.05) is 6.92 Å². The molecule has 0 spiro atoms. The lowest BCUT2D eigenvalue weighted by atomic mass is 10.1. The highest BCUT2D eigenvalue weighted by molar-refractivity contribution is 7.94. The van der Waals surface area contributed by atoms with Crippen LogP contribution in [0.25, 0.3) is 0 Å². The van der Waals surface area contributed by atoms with Gasteiger partial charge in [0.05, 0.1) is 12.8 Å². The van der Waals surface area contributed by atoms with Gasteiger partial charge in [-0.3, -0.25) is 9.52 Å². The smallest absolute Gasteiger partial charge is 0.323 e. The van der Waals surface area contributed by atoms with Crippen molar-refractivity contribution in [1.29, 1.82) is 0 Å². The molecule has 0 saturated carbocycles. The van der Waals surface area contributed by atoms with Crippen molar-refractivity contribution < 1.29 is 23.1 Å². The van der Waals surface area contributed by atoms with Crippen molar-refractivity contribution in [2.24, 2.45) is 0 Å². The molecule has 1 aromatic carbocycles. The number of benzene rings is 1. The number of ether oxygens (including phenoxy) is 1. The first kappa shape index (κ1) is 15.3. The van der Waals surface area contributed by atoms with E-state index >= 15 is 0 Å². The van der Waals surface area contributed by atoms with Gasteiger partial charge in [-0.05, 0) is 32.4 Å². The zero-order chi connectivity index (χ0) is 14.8. The molecule has 7 heteroatoms. The van der Waals surface area contributed by atoms with E-state index in [1.54, 1.807) is 19.1 Å². The highest BCUT2D eigenvalue weighted by Crippen LogP contribution is 2.30. The van der Waals surface area contributed by atoms with Crippen LogP contribution < -0.4 is 9.46 Å². The quantitative estimate of drug-likeness (QED) is 0.856. The number of aliphatic carboxylic acids is 1. The summed E-state index contributed by atoms with van der Waals surface area (Å²) in [4.78, 5) is 10.8. The van der Waals surface area contributed by atoms with Crippen LogP contribution in [-0.2, 0) is 14.8 Å². The Balaban J connectivity index is 3.18. The summed E-state index contributed by atoms with van der Waals surface area (Å²) in [6, 6.07) is 3.29. The first-order valence-electron chi connectivity index (χ1n) is 5.59. The van der Waals surface area contributed by atoms with Crippen molar-refractivity contribution in [2.75, 3.05) is 11.8 Å². The molecule has 0 heterocycles. The second-order valence-corrected chi connectivity index (χ2v) is 6.22. The van der Waals surface area contributed by atoms with Gasteiger partial charge in [-0.1, -0.05) is 6.07 Å². The Morgan fingerprint density at radius 3 is 2.42 bits per heavy atom. The van der Waals surface area contributed by atoms with Crippen molar-refractivity contribution in [2.45, 2.75) is 26.0 Å². The van der Waals surface area contributed by atoms with Gasteiger partial charge in [0.2, 0.25) is 10.0 Å². The van der Waals surface area contributed by atoms with Gasteiger partial charge in [0, 0.05) is 5.56 Å². The van der Waals surface area contributed by atoms with E-state index in [-0.39, 0.29) is 0 Å². The zero-order valence-corrected chi connectivity index (χ0v) is 12.0. The molecule has 6 nitrogen and oxygen atoms in total. The first-order valence-corrected chi connectivity index (χ1v) is 7.14. The maximum atomic E-state index is 11.8. The topological polar surface area (TPSA) is 92.7 Å². The number of carboxylic acids is 1. The van der Waals surface area contributed by atoms with E-state index in [9.17, 15) is 13.2 Å². The molecule has 0 fully saturated rings. The van der Waals surface area contributed by atoms with Gasteiger partial charge < -0.3 is 9.84 Å². The Morgan fingerprint density at radius 2 is 1.95 bits per heavy atom. The average Bonchev–Trinajstić information content (AvgIpc) is 2.32. The summed E-state index contributed by atoms with van der Waals surface area (Å²) in [5, 5.41) is 7.24. The van der Waals surface area contributed by atoms with Crippen LogP contribution in [0.2, 0.25) is 0 Å². The van der Waals surface area contributed by atoms with E-state index < -0.39 is 21.2 Å². The number of nitrogens with one attached hydrogen (secondary N) is 1. The van der Waals surface area contributed by atoms with Gasteiger partial charge in [-0.25, -0.2) is 8.42 Å². The Hall–Kier alpha value is -1.76. The maximum Gasteiger partial charge on any atom is 0.323 e. The van der Waals surface area contributed by atoms with Crippen molar-refractivity contribution >= 4 is 21.7 Å². The van der Waals surface area contributed by atoms with E-state index in [4.69, 9.17) is 9.84 Å².